The Hall–Kier alpha value is -3.69. The minimum Gasteiger partial charge on any atom is -0.493 e. The highest BCUT2D eigenvalue weighted by Gasteiger charge is 2.32. The van der Waals surface area contributed by atoms with E-state index in [2.05, 4.69) is 15.5 Å². The number of carbonyl (C=O) groups is 1. The van der Waals surface area contributed by atoms with Gasteiger partial charge in [-0.1, -0.05) is 0 Å². The van der Waals surface area contributed by atoms with Crippen molar-refractivity contribution in [1.82, 2.24) is 10.4 Å². The van der Waals surface area contributed by atoms with Crippen LogP contribution in [0, 0.1) is 10.1 Å². The van der Waals surface area contributed by atoms with Gasteiger partial charge in [0.05, 0.1) is 32.5 Å². The molecular weight excluding hydrogens is 344 g/mol. The van der Waals surface area contributed by atoms with E-state index < -0.39 is 16.5 Å². The highest BCUT2D eigenvalue weighted by atomic mass is 16.6. The quantitative estimate of drug-likeness (QED) is 0.453. The van der Waals surface area contributed by atoms with Crippen LogP contribution in [0.15, 0.2) is 35.7 Å². The van der Waals surface area contributed by atoms with E-state index in [-0.39, 0.29) is 22.8 Å². The second kappa shape index (κ2) is 8.42. The summed E-state index contributed by atoms with van der Waals surface area (Å²) >= 11 is 0. The Morgan fingerprint density at radius 2 is 1.85 bits per heavy atom. The van der Waals surface area contributed by atoms with Gasteiger partial charge in [0.15, 0.2) is 5.75 Å². The predicted molar refractivity (Wildman–Crippen MR) is 92.0 cm³/mol. The number of carbonyl (C=O) groups excluding carboxylic acids is 1. The van der Waals surface area contributed by atoms with Gasteiger partial charge in [0.2, 0.25) is 11.5 Å². The number of rotatable bonds is 7. The number of hydrogen-bond acceptors (Lipinski definition) is 8. The zero-order chi connectivity index (χ0) is 19.1. The van der Waals surface area contributed by atoms with E-state index in [9.17, 15) is 14.9 Å². The number of nitro groups is 1. The van der Waals surface area contributed by atoms with Crippen molar-refractivity contribution < 1.29 is 23.9 Å². The molecule has 0 saturated heterocycles. The van der Waals surface area contributed by atoms with Gasteiger partial charge in [-0.3, -0.25) is 19.9 Å². The fourth-order valence-corrected chi connectivity index (χ4v) is 2.17. The fraction of sp³-hybridized carbons (Fsp3) is 0.188. The molecule has 136 valence electrons. The summed E-state index contributed by atoms with van der Waals surface area (Å²) in [5.41, 5.74) is 2.10. The molecule has 1 aromatic heterocycles. The number of amides is 1. The molecule has 0 aliphatic rings. The van der Waals surface area contributed by atoms with Crippen molar-refractivity contribution in [2.45, 2.75) is 0 Å². The summed E-state index contributed by atoms with van der Waals surface area (Å²) in [5, 5.41) is 15.3. The van der Waals surface area contributed by atoms with E-state index in [4.69, 9.17) is 14.2 Å². The number of hydrazone groups is 1. The fourth-order valence-electron chi connectivity index (χ4n) is 2.17. The van der Waals surface area contributed by atoms with Crippen LogP contribution in [0.5, 0.6) is 17.2 Å². The van der Waals surface area contributed by atoms with E-state index in [1.165, 1.54) is 33.6 Å². The van der Waals surface area contributed by atoms with E-state index in [0.717, 1.165) is 0 Å². The first-order chi connectivity index (χ1) is 12.5. The van der Waals surface area contributed by atoms with Crippen LogP contribution in [0.1, 0.15) is 15.9 Å². The number of methoxy groups -OCH3 is 3. The monoisotopic (exact) mass is 360 g/mol. The van der Waals surface area contributed by atoms with Crippen molar-refractivity contribution in [3.8, 4) is 17.2 Å². The van der Waals surface area contributed by atoms with E-state index in [1.54, 1.807) is 24.5 Å². The number of benzene rings is 1. The molecule has 1 N–H and O–H groups in total. The van der Waals surface area contributed by atoms with Gasteiger partial charge in [0.25, 0.3) is 5.91 Å². The van der Waals surface area contributed by atoms with Gasteiger partial charge < -0.3 is 14.2 Å². The summed E-state index contributed by atoms with van der Waals surface area (Å²) in [4.78, 5) is 27.0. The van der Waals surface area contributed by atoms with Crippen molar-refractivity contribution in [2.75, 3.05) is 21.3 Å². The molecule has 0 atom stereocenters. The normalized spacial score (nSPS) is 10.4. The van der Waals surface area contributed by atoms with Crippen LogP contribution < -0.4 is 19.6 Å². The molecule has 1 amide bonds. The van der Waals surface area contributed by atoms with Crippen LogP contribution >= 0.6 is 0 Å². The molecule has 2 rings (SSSR count). The SMILES string of the molecule is COc1cc(C(=O)N/N=C\c2ccncc2)c([N+](=O)[O-])c(OC)c1OC. The largest absolute Gasteiger partial charge is 0.493 e. The summed E-state index contributed by atoms with van der Waals surface area (Å²) in [6.45, 7) is 0. The topological polar surface area (TPSA) is 125 Å². The van der Waals surface area contributed by atoms with E-state index >= 15 is 0 Å². The van der Waals surface area contributed by atoms with Crippen molar-refractivity contribution >= 4 is 17.8 Å². The lowest BCUT2D eigenvalue weighted by Crippen LogP contribution is -2.20. The molecule has 1 heterocycles. The van der Waals surface area contributed by atoms with Crippen LogP contribution in [0.4, 0.5) is 5.69 Å². The van der Waals surface area contributed by atoms with Crippen LogP contribution in [0.25, 0.3) is 0 Å². The Bertz CT molecular complexity index is 838. The number of nitro benzene ring substituents is 1. The maximum absolute atomic E-state index is 12.4. The minimum absolute atomic E-state index is 0.0125. The summed E-state index contributed by atoms with van der Waals surface area (Å²) in [7, 11) is 3.88. The molecule has 0 bridgehead atoms. The Morgan fingerprint density at radius 3 is 2.38 bits per heavy atom. The van der Waals surface area contributed by atoms with Crippen LogP contribution in [0.3, 0.4) is 0 Å². The van der Waals surface area contributed by atoms with E-state index in [0.29, 0.717) is 5.56 Å². The molecule has 26 heavy (non-hydrogen) atoms. The third-order valence-corrected chi connectivity index (χ3v) is 3.32. The standard InChI is InChI=1S/C16H16N4O6/c1-24-12-8-11(13(20(22)23)15(26-3)14(12)25-2)16(21)19-18-9-10-4-6-17-7-5-10/h4-9H,1-3H3,(H,19,21)/b18-9-. The lowest BCUT2D eigenvalue weighted by molar-refractivity contribution is -0.386. The van der Waals surface area contributed by atoms with Gasteiger partial charge >= 0.3 is 5.69 Å². The van der Waals surface area contributed by atoms with Gasteiger partial charge in [0, 0.05) is 18.5 Å². The number of hydrogen-bond donors (Lipinski definition) is 1. The summed E-state index contributed by atoms with van der Waals surface area (Å²) in [6.07, 6.45) is 4.50. The molecule has 2 aromatic rings. The number of pyridine rings is 1. The summed E-state index contributed by atoms with van der Waals surface area (Å²) in [6, 6.07) is 4.55. The highest BCUT2D eigenvalue weighted by molar-refractivity contribution is 6.01. The molecule has 0 unspecified atom stereocenters. The molecule has 0 fully saturated rings. The lowest BCUT2D eigenvalue weighted by atomic mass is 10.1. The van der Waals surface area contributed by atoms with Crippen molar-refractivity contribution in [3.63, 3.8) is 0 Å². The van der Waals surface area contributed by atoms with Gasteiger partial charge in [-0.15, -0.1) is 0 Å². The number of nitrogens with zero attached hydrogens (tertiary/aromatic N) is 3. The molecule has 10 nitrogen and oxygen atoms in total. The van der Waals surface area contributed by atoms with Crippen molar-refractivity contribution in [2.24, 2.45) is 5.10 Å². The number of ether oxygens (including phenoxy) is 3. The third-order valence-electron chi connectivity index (χ3n) is 3.32. The van der Waals surface area contributed by atoms with Gasteiger partial charge in [0.1, 0.15) is 5.56 Å². The Kier molecular flexibility index (Phi) is 6.04. The van der Waals surface area contributed by atoms with Crippen LogP contribution in [0.2, 0.25) is 0 Å². The van der Waals surface area contributed by atoms with Crippen molar-refractivity contribution in [3.05, 3.63) is 51.8 Å². The van der Waals surface area contributed by atoms with Gasteiger partial charge in [-0.05, 0) is 17.7 Å². The maximum atomic E-state index is 12.4. The molecule has 10 heteroatoms. The zero-order valence-electron chi connectivity index (χ0n) is 14.3. The molecule has 0 radical (unpaired) electrons. The molecule has 0 saturated carbocycles. The number of aromatic nitrogens is 1. The first-order valence-electron chi connectivity index (χ1n) is 7.24. The average Bonchev–Trinajstić information content (AvgIpc) is 2.66. The highest BCUT2D eigenvalue weighted by Crippen LogP contribution is 2.46. The Labute approximate surface area is 148 Å². The van der Waals surface area contributed by atoms with Gasteiger partial charge in [-0.25, -0.2) is 5.43 Å². The molecule has 0 aliphatic carbocycles. The second-order valence-electron chi connectivity index (χ2n) is 4.78. The molecular formula is C16H16N4O6. The lowest BCUT2D eigenvalue weighted by Gasteiger charge is -2.14. The predicted octanol–water partition coefficient (Wildman–Crippen LogP) is 1.78. The summed E-state index contributed by atoms with van der Waals surface area (Å²) < 4.78 is 15.3. The van der Waals surface area contributed by atoms with Crippen LogP contribution in [-0.2, 0) is 0 Å². The molecule has 0 spiro atoms. The Morgan fingerprint density at radius 1 is 1.19 bits per heavy atom. The summed E-state index contributed by atoms with van der Waals surface area (Å²) in [5.74, 6) is -0.905. The average molecular weight is 360 g/mol. The first-order valence-corrected chi connectivity index (χ1v) is 7.24. The maximum Gasteiger partial charge on any atom is 0.327 e. The van der Waals surface area contributed by atoms with E-state index in [1.807, 2.05) is 0 Å². The van der Waals surface area contributed by atoms with Crippen molar-refractivity contribution in [1.29, 1.82) is 0 Å². The molecule has 1 aromatic carbocycles. The number of nitrogens with one attached hydrogen (secondary N) is 1. The first kappa shape index (κ1) is 18.6. The van der Waals surface area contributed by atoms with Gasteiger partial charge in [-0.2, -0.15) is 5.10 Å². The minimum atomic E-state index is -0.804. The zero-order valence-corrected chi connectivity index (χ0v) is 14.3. The Balaban J connectivity index is 2.42. The smallest absolute Gasteiger partial charge is 0.327 e. The van der Waals surface area contributed by atoms with Crippen LogP contribution in [-0.4, -0.2) is 43.4 Å². The second-order valence-corrected chi connectivity index (χ2v) is 4.78. The molecule has 0 aliphatic heterocycles. The third kappa shape index (κ3) is 3.86.